The molecule has 148 valence electrons. The van der Waals surface area contributed by atoms with E-state index in [1.165, 1.54) is 0 Å². The van der Waals surface area contributed by atoms with E-state index in [0.717, 1.165) is 19.4 Å². The molecule has 1 heterocycles. The Kier molecular flexibility index (Phi) is 7.03. The van der Waals surface area contributed by atoms with Gasteiger partial charge in [0.2, 0.25) is 5.91 Å². The normalized spacial score (nSPS) is 17.0. The van der Waals surface area contributed by atoms with Crippen LogP contribution in [0.2, 0.25) is 0 Å². The maximum atomic E-state index is 12.3. The molecule has 1 aliphatic rings. The van der Waals surface area contributed by atoms with Crippen molar-refractivity contribution in [3.63, 3.8) is 0 Å². The van der Waals surface area contributed by atoms with Crippen molar-refractivity contribution in [3.05, 3.63) is 60.2 Å². The summed E-state index contributed by atoms with van der Waals surface area (Å²) in [5.74, 6) is 0.335. The number of amides is 2. The van der Waals surface area contributed by atoms with Gasteiger partial charge >= 0.3 is 0 Å². The molecule has 0 bridgehead atoms. The van der Waals surface area contributed by atoms with Crippen molar-refractivity contribution >= 4 is 17.5 Å². The van der Waals surface area contributed by atoms with E-state index >= 15 is 0 Å². The summed E-state index contributed by atoms with van der Waals surface area (Å²) in [6, 6.07) is 16.0. The van der Waals surface area contributed by atoms with Gasteiger partial charge in [-0.15, -0.1) is 0 Å². The topological polar surface area (TPSA) is 76.7 Å². The molecule has 2 unspecified atom stereocenters. The lowest BCUT2D eigenvalue weighted by Crippen LogP contribution is -2.35. The van der Waals surface area contributed by atoms with Gasteiger partial charge in [0, 0.05) is 36.4 Å². The largest absolute Gasteiger partial charge is 0.491 e. The van der Waals surface area contributed by atoms with E-state index < -0.39 is 0 Å². The summed E-state index contributed by atoms with van der Waals surface area (Å²) in [6.45, 7) is 3.12. The van der Waals surface area contributed by atoms with Crippen LogP contribution in [-0.4, -0.2) is 37.2 Å². The smallest absolute Gasteiger partial charge is 0.251 e. The SMILES string of the molecule is CC(CC(=O)Nc1cccc(OCC2CCCO2)c1)NC(=O)c1ccccc1. The average molecular weight is 382 g/mol. The lowest BCUT2D eigenvalue weighted by molar-refractivity contribution is -0.116. The minimum Gasteiger partial charge on any atom is -0.491 e. The Morgan fingerprint density at radius 1 is 1.18 bits per heavy atom. The van der Waals surface area contributed by atoms with Crippen LogP contribution in [-0.2, 0) is 9.53 Å². The molecule has 1 fully saturated rings. The molecule has 1 saturated heterocycles. The Hall–Kier alpha value is -2.86. The van der Waals surface area contributed by atoms with Crippen LogP contribution in [0.25, 0.3) is 0 Å². The molecule has 0 spiro atoms. The molecule has 28 heavy (non-hydrogen) atoms. The minimum absolute atomic E-state index is 0.146. The molecule has 0 radical (unpaired) electrons. The van der Waals surface area contributed by atoms with Crippen molar-refractivity contribution in [1.82, 2.24) is 5.32 Å². The standard InChI is InChI=1S/C22H26N2O4/c1-16(23-22(26)17-7-3-2-4-8-17)13-21(25)24-18-9-5-10-19(14-18)28-15-20-11-6-12-27-20/h2-5,7-10,14,16,20H,6,11-13,15H2,1H3,(H,23,26)(H,24,25). The van der Waals surface area contributed by atoms with E-state index in [1.54, 1.807) is 30.3 Å². The first-order valence-electron chi connectivity index (χ1n) is 9.60. The summed E-state index contributed by atoms with van der Waals surface area (Å²) in [7, 11) is 0. The highest BCUT2D eigenvalue weighted by molar-refractivity contribution is 5.95. The van der Waals surface area contributed by atoms with Crippen LogP contribution >= 0.6 is 0 Å². The first-order valence-corrected chi connectivity index (χ1v) is 9.60. The maximum Gasteiger partial charge on any atom is 0.251 e. The number of hydrogen-bond donors (Lipinski definition) is 2. The van der Waals surface area contributed by atoms with Gasteiger partial charge in [-0.3, -0.25) is 9.59 Å². The van der Waals surface area contributed by atoms with E-state index in [0.29, 0.717) is 23.6 Å². The molecule has 2 amide bonds. The summed E-state index contributed by atoms with van der Waals surface area (Å²) in [5.41, 5.74) is 1.24. The number of anilines is 1. The first-order chi connectivity index (χ1) is 13.6. The van der Waals surface area contributed by atoms with E-state index in [-0.39, 0.29) is 30.4 Å². The van der Waals surface area contributed by atoms with Crippen molar-refractivity contribution in [2.75, 3.05) is 18.5 Å². The first kappa shape index (κ1) is 19.9. The number of carbonyl (C=O) groups excluding carboxylic acids is 2. The van der Waals surface area contributed by atoms with Crippen LogP contribution < -0.4 is 15.4 Å². The third kappa shape index (κ3) is 6.09. The summed E-state index contributed by atoms with van der Waals surface area (Å²) < 4.78 is 11.3. The molecule has 1 aliphatic heterocycles. The fourth-order valence-electron chi connectivity index (χ4n) is 3.07. The second-order valence-electron chi connectivity index (χ2n) is 6.97. The highest BCUT2D eigenvalue weighted by Crippen LogP contribution is 2.20. The number of rotatable bonds is 8. The zero-order valence-corrected chi connectivity index (χ0v) is 16.0. The van der Waals surface area contributed by atoms with Crippen molar-refractivity contribution in [2.45, 2.75) is 38.3 Å². The highest BCUT2D eigenvalue weighted by atomic mass is 16.5. The molecule has 0 aliphatic carbocycles. The summed E-state index contributed by atoms with van der Waals surface area (Å²) >= 11 is 0. The number of carbonyl (C=O) groups is 2. The molecular weight excluding hydrogens is 356 g/mol. The van der Waals surface area contributed by atoms with Crippen molar-refractivity contribution in [3.8, 4) is 5.75 Å². The maximum absolute atomic E-state index is 12.3. The van der Waals surface area contributed by atoms with Crippen LogP contribution in [0.3, 0.4) is 0 Å². The van der Waals surface area contributed by atoms with Gasteiger partial charge in [0.1, 0.15) is 12.4 Å². The average Bonchev–Trinajstić information content (AvgIpc) is 3.21. The third-order valence-corrected chi connectivity index (χ3v) is 4.48. The van der Waals surface area contributed by atoms with E-state index in [4.69, 9.17) is 9.47 Å². The van der Waals surface area contributed by atoms with Gasteiger partial charge in [0.25, 0.3) is 5.91 Å². The molecule has 2 aromatic rings. The van der Waals surface area contributed by atoms with Crippen molar-refractivity contribution in [2.24, 2.45) is 0 Å². The van der Waals surface area contributed by atoms with Crippen molar-refractivity contribution < 1.29 is 19.1 Å². The van der Waals surface area contributed by atoms with Crippen LogP contribution in [0.1, 0.15) is 36.5 Å². The van der Waals surface area contributed by atoms with Gasteiger partial charge in [0.15, 0.2) is 0 Å². The number of ether oxygens (including phenoxy) is 2. The third-order valence-electron chi connectivity index (χ3n) is 4.48. The summed E-state index contributed by atoms with van der Waals surface area (Å²) in [4.78, 5) is 24.4. The Bertz CT molecular complexity index is 788. The molecule has 0 saturated carbocycles. The Morgan fingerprint density at radius 2 is 2.00 bits per heavy atom. The van der Waals surface area contributed by atoms with Gasteiger partial charge in [-0.25, -0.2) is 0 Å². The Labute approximate surface area is 165 Å². The van der Waals surface area contributed by atoms with Crippen molar-refractivity contribution in [1.29, 1.82) is 0 Å². The molecule has 6 heteroatoms. The number of benzene rings is 2. The second-order valence-corrected chi connectivity index (χ2v) is 6.97. The minimum atomic E-state index is -0.286. The monoisotopic (exact) mass is 382 g/mol. The molecule has 2 aromatic carbocycles. The molecule has 6 nitrogen and oxygen atoms in total. The lowest BCUT2D eigenvalue weighted by atomic mass is 10.1. The Balaban J connectivity index is 1.46. The predicted molar refractivity (Wildman–Crippen MR) is 108 cm³/mol. The summed E-state index contributed by atoms with van der Waals surface area (Å²) in [6.07, 6.45) is 2.42. The van der Waals surface area contributed by atoms with Gasteiger partial charge in [-0.1, -0.05) is 24.3 Å². The van der Waals surface area contributed by atoms with Gasteiger partial charge in [-0.05, 0) is 44.0 Å². The lowest BCUT2D eigenvalue weighted by Gasteiger charge is -2.15. The van der Waals surface area contributed by atoms with Gasteiger partial charge < -0.3 is 20.1 Å². The molecule has 2 N–H and O–H groups in total. The molecule has 3 rings (SSSR count). The van der Waals surface area contributed by atoms with Gasteiger partial charge in [0.05, 0.1) is 6.10 Å². The molecular formula is C22H26N2O4. The number of hydrogen-bond acceptors (Lipinski definition) is 4. The zero-order valence-electron chi connectivity index (χ0n) is 16.0. The Morgan fingerprint density at radius 3 is 2.75 bits per heavy atom. The van der Waals surface area contributed by atoms with Crippen LogP contribution in [0.4, 0.5) is 5.69 Å². The van der Waals surface area contributed by atoms with E-state index in [9.17, 15) is 9.59 Å². The second kappa shape index (κ2) is 9.90. The predicted octanol–water partition coefficient (Wildman–Crippen LogP) is 3.39. The van der Waals surface area contributed by atoms with E-state index in [1.807, 2.05) is 31.2 Å². The quantitative estimate of drug-likeness (QED) is 0.734. The fourth-order valence-corrected chi connectivity index (χ4v) is 3.07. The molecule has 2 atom stereocenters. The van der Waals surface area contributed by atoms with Crippen LogP contribution in [0.15, 0.2) is 54.6 Å². The zero-order chi connectivity index (χ0) is 19.8. The molecule has 0 aromatic heterocycles. The summed E-state index contributed by atoms with van der Waals surface area (Å²) in [5, 5.41) is 5.69. The van der Waals surface area contributed by atoms with Crippen LogP contribution in [0, 0.1) is 0 Å². The van der Waals surface area contributed by atoms with E-state index in [2.05, 4.69) is 10.6 Å². The van der Waals surface area contributed by atoms with Gasteiger partial charge in [-0.2, -0.15) is 0 Å². The fraction of sp³-hybridized carbons (Fsp3) is 0.364. The van der Waals surface area contributed by atoms with Crippen LogP contribution in [0.5, 0.6) is 5.75 Å². The number of nitrogens with one attached hydrogen (secondary N) is 2. The highest BCUT2D eigenvalue weighted by Gasteiger charge is 2.16.